The Hall–Kier alpha value is -2.97. The SMILES string of the molecule is C.CC(C)=O.CCC.CCC(C)=O.CNC(=O)OC.COC.COC(=O)OC.COC(=O)SC.COC(C)=O.COC(OC)OC.CSC(C)=O. The fraction of sp³-hybridized carbons (Fsp3) is 0.781. The van der Waals surface area contributed by atoms with Gasteiger partial charge < -0.3 is 57.5 Å². The molecular weight excluding hydrogens is 718 g/mol. The molecule has 1 amide bonds. The first kappa shape index (κ1) is 77.5. The minimum absolute atomic E-state index is 0. The van der Waals surface area contributed by atoms with Crippen molar-refractivity contribution in [2.45, 2.75) is 82.1 Å². The Morgan fingerprint density at radius 3 is 0.843 bits per heavy atom. The van der Waals surface area contributed by atoms with Crippen LogP contribution in [0.15, 0.2) is 0 Å². The van der Waals surface area contributed by atoms with Crippen LogP contribution in [0.3, 0.4) is 0 Å². The first-order chi connectivity index (χ1) is 23.1. The van der Waals surface area contributed by atoms with Gasteiger partial charge in [0.2, 0.25) is 0 Å². The molecule has 0 aliphatic heterocycles. The normalized spacial score (nSPS) is 7.33. The molecule has 0 saturated heterocycles. The monoisotopic (exact) mass is 791 g/mol. The number of nitrogens with one attached hydrogen (secondary N) is 1. The number of carbonyl (C=O) groups excluding carboxylic acids is 7. The van der Waals surface area contributed by atoms with Gasteiger partial charge in [-0.1, -0.05) is 46.4 Å². The summed E-state index contributed by atoms with van der Waals surface area (Å²) in [6.07, 6.45) is 4.29. The van der Waals surface area contributed by atoms with Gasteiger partial charge in [-0.05, 0) is 45.0 Å². The number of methoxy groups -OCH3 is 9. The zero-order chi connectivity index (χ0) is 42.5. The molecule has 0 bridgehead atoms. The maximum absolute atomic E-state index is 9.92. The largest absolute Gasteiger partial charge is 0.507 e. The molecule has 0 unspecified atom stereocenters. The summed E-state index contributed by atoms with van der Waals surface area (Å²) < 4.78 is 38.6. The second-order valence-electron chi connectivity index (χ2n) is 7.52. The van der Waals surface area contributed by atoms with E-state index in [4.69, 9.17) is 0 Å². The van der Waals surface area contributed by atoms with E-state index in [1.54, 1.807) is 40.6 Å². The fourth-order valence-electron chi connectivity index (χ4n) is 0.557. The second-order valence-corrected chi connectivity index (χ2v) is 9.25. The quantitative estimate of drug-likeness (QED) is 0.179. The van der Waals surface area contributed by atoms with Crippen molar-refractivity contribution in [2.75, 3.05) is 90.7 Å². The zero-order valence-electron chi connectivity index (χ0n) is 34.3. The molecule has 51 heavy (non-hydrogen) atoms. The topological polar surface area (TPSA) is 215 Å². The molecule has 19 heteroatoms. The van der Waals surface area contributed by atoms with Crippen LogP contribution in [0.4, 0.5) is 14.4 Å². The molecule has 0 saturated carbocycles. The summed E-state index contributed by atoms with van der Waals surface area (Å²) in [6.45, 7) is 13.1. The van der Waals surface area contributed by atoms with Crippen LogP contribution in [0.5, 0.6) is 0 Å². The van der Waals surface area contributed by atoms with E-state index in [0.717, 1.165) is 11.8 Å². The molecule has 0 rings (SSSR count). The van der Waals surface area contributed by atoms with Crippen molar-refractivity contribution in [1.29, 1.82) is 0 Å². The van der Waals surface area contributed by atoms with Crippen LogP contribution < -0.4 is 5.32 Å². The van der Waals surface area contributed by atoms with Crippen molar-refractivity contribution < 1.29 is 76.2 Å². The van der Waals surface area contributed by atoms with Gasteiger partial charge in [-0.25, -0.2) is 14.4 Å². The van der Waals surface area contributed by atoms with Gasteiger partial charge in [0.05, 0.1) is 35.5 Å². The third kappa shape index (κ3) is 216. The van der Waals surface area contributed by atoms with E-state index in [0.29, 0.717) is 6.42 Å². The number of thioether (sulfide) groups is 2. The van der Waals surface area contributed by atoms with Crippen molar-refractivity contribution >= 4 is 63.7 Å². The number of ether oxygens (including phenoxy) is 9. The van der Waals surface area contributed by atoms with Gasteiger partial charge in [0.15, 0.2) is 5.12 Å². The van der Waals surface area contributed by atoms with Crippen molar-refractivity contribution in [1.82, 2.24) is 5.32 Å². The number of ketones is 2. The maximum atomic E-state index is 9.92. The molecule has 0 atom stereocenters. The van der Waals surface area contributed by atoms with Gasteiger partial charge in [0.25, 0.3) is 6.48 Å². The molecule has 0 radical (unpaired) electrons. The minimum atomic E-state index is -0.657. The van der Waals surface area contributed by atoms with Crippen molar-refractivity contribution in [3.05, 3.63) is 0 Å². The van der Waals surface area contributed by atoms with Crippen LogP contribution in [0.2, 0.25) is 0 Å². The molecular formula is C32H73NO16S2. The number of hydrogen-bond donors (Lipinski definition) is 1. The average molecular weight is 792 g/mol. The summed E-state index contributed by atoms with van der Waals surface area (Å²) >= 11 is 2.30. The molecule has 0 aliphatic rings. The van der Waals surface area contributed by atoms with Gasteiger partial charge in [-0.15, -0.1) is 0 Å². The van der Waals surface area contributed by atoms with Gasteiger partial charge in [-0.3, -0.25) is 9.59 Å². The summed E-state index contributed by atoms with van der Waals surface area (Å²) in [7, 11) is 15.8. The highest BCUT2D eigenvalue weighted by Crippen LogP contribution is 1.94. The molecule has 0 aliphatic carbocycles. The number of esters is 1. The van der Waals surface area contributed by atoms with Gasteiger partial charge in [0.1, 0.15) is 11.6 Å². The highest BCUT2D eigenvalue weighted by Gasteiger charge is 1.97. The Morgan fingerprint density at radius 2 is 0.843 bits per heavy atom. The van der Waals surface area contributed by atoms with E-state index < -0.39 is 18.7 Å². The van der Waals surface area contributed by atoms with Crippen LogP contribution in [-0.2, 0) is 61.8 Å². The molecule has 0 aromatic rings. The lowest BCUT2D eigenvalue weighted by Gasteiger charge is -2.08. The molecule has 0 aromatic carbocycles. The highest BCUT2D eigenvalue weighted by atomic mass is 32.2. The molecule has 0 fully saturated rings. The number of amides is 1. The van der Waals surface area contributed by atoms with Crippen LogP contribution in [0, 0.1) is 0 Å². The van der Waals surface area contributed by atoms with E-state index in [1.807, 2.05) is 6.92 Å². The Balaban J connectivity index is -0.0000000390. The third-order valence-electron chi connectivity index (χ3n) is 2.71. The lowest BCUT2D eigenvalue weighted by molar-refractivity contribution is -0.252. The number of rotatable bonds is 4. The zero-order valence-corrected chi connectivity index (χ0v) is 36.0. The number of alkyl carbamates (subject to hydrolysis) is 1. The molecule has 1 N–H and O–H groups in total. The lowest BCUT2D eigenvalue weighted by Crippen LogP contribution is -2.16. The van der Waals surface area contributed by atoms with Gasteiger partial charge >= 0.3 is 23.5 Å². The standard InChI is InChI=1S/C4H10O3.C4H8O.C3H7NO2.C3H6O3.C3H6O2S.C3H6O2.C3H6OS.C3H6O.C3H8.C2H6O.CH4/c1-5-4(6-2)7-3;1-3-4(2)5;1-4-3(5)6-2;2*1-5-3(4)6-2;2*1-3(4)5-2;1-3(2)4;2*1-3-2;/h4H,1-3H3;3H2,1-2H3;1-2H3,(H,4,5);2*1-2H3;2*1-2H3;1-2H3;3H2,1-2H3;1-2H3;1H4. The first-order valence-corrected chi connectivity index (χ1v) is 16.6. The number of Topliss-reactive ketones (excluding diaryl/α,β-unsaturated/α-hetero) is 2. The van der Waals surface area contributed by atoms with Crippen LogP contribution in [0.1, 0.15) is 75.7 Å². The second kappa shape index (κ2) is 81.2. The third-order valence-corrected chi connectivity index (χ3v) is 3.78. The summed E-state index contributed by atoms with van der Waals surface area (Å²) in [5, 5.41) is 2.18. The van der Waals surface area contributed by atoms with Crippen LogP contribution >= 0.6 is 23.5 Å². The Kier molecular flexibility index (Phi) is 123. The van der Waals surface area contributed by atoms with E-state index in [-0.39, 0.29) is 35.4 Å². The number of carbonyl (C=O) groups is 7. The fourth-order valence-corrected chi connectivity index (χ4v) is 0.724. The summed E-state index contributed by atoms with van der Waals surface area (Å²) in [5.41, 5.74) is 0. The molecule has 17 nitrogen and oxygen atoms in total. The van der Waals surface area contributed by atoms with E-state index >= 15 is 0 Å². The van der Waals surface area contributed by atoms with E-state index in [2.05, 4.69) is 61.8 Å². The predicted molar refractivity (Wildman–Crippen MR) is 206 cm³/mol. The lowest BCUT2D eigenvalue weighted by atomic mass is 10.4. The minimum Gasteiger partial charge on any atom is -0.469 e. The van der Waals surface area contributed by atoms with Crippen molar-refractivity contribution in [2.24, 2.45) is 0 Å². The van der Waals surface area contributed by atoms with Crippen LogP contribution in [-0.4, -0.2) is 137 Å². The molecule has 0 heterocycles. The molecule has 0 aromatic heterocycles. The average Bonchev–Trinajstić information content (AvgIpc) is 3.09. The Bertz CT molecular complexity index is 625. The number of hydrogen-bond acceptors (Lipinski definition) is 18. The van der Waals surface area contributed by atoms with Crippen molar-refractivity contribution in [3.8, 4) is 0 Å². The Morgan fingerprint density at radius 1 is 0.588 bits per heavy atom. The molecule has 0 spiro atoms. The van der Waals surface area contributed by atoms with Crippen LogP contribution in [0.25, 0.3) is 0 Å². The summed E-state index contributed by atoms with van der Waals surface area (Å²) in [5.74, 6) is 0.176. The molecule has 314 valence electrons. The van der Waals surface area contributed by atoms with Gasteiger partial charge in [0, 0.05) is 62.9 Å². The first-order valence-electron chi connectivity index (χ1n) is 14.2. The van der Waals surface area contributed by atoms with Crippen molar-refractivity contribution in [3.63, 3.8) is 0 Å². The van der Waals surface area contributed by atoms with E-state index in [9.17, 15) is 33.6 Å². The highest BCUT2D eigenvalue weighted by molar-refractivity contribution is 8.13. The summed E-state index contributed by atoms with van der Waals surface area (Å²) in [6, 6.07) is 0. The maximum Gasteiger partial charge on any atom is 0.507 e. The van der Waals surface area contributed by atoms with Gasteiger partial charge in [-0.2, -0.15) is 0 Å². The predicted octanol–water partition coefficient (Wildman–Crippen LogP) is 6.67. The summed E-state index contributed by atoms with van der Waals surface area (Å²) in [4.78, 5) is 68.1. The van der Waals surface area contributed by atoms with E-state index in [1.165, 1.54) is 103 Å². The Labute approximate surface area is 317 Å². The smallest absolute Gasteiger partial charge is 0.469 e.